The summed E-state index contributed by atoms with van der Waals surface area (Å²) in [4.78, 5) is 14.9. The Morgan fingerprint density at radius 1 is 1.47 bits per heavy atom. The number of carboxylic acids is 1. The smallest absolute Gasteiger partial charge is 0.339 e. The third-order valence-corrected chi connectivity index (χ3v) is 5.14. The molecule has 0 saturated carbocycles. The average Bonchev–Trinajstić information content (AvgIpc) is 2.24. The lowest BCUT2D eigenvalue weighted by atomic mass is 10.2. The van der Waals surface area contributed by atoms with Gasteiger partial charge in [-0.15, -0.1) is 0 Å². The molecular formula is C11H15ClN2O4S. The molecule has 0 aliphatic rings. The van der Waals surface area contributed by atoms with Crippen molar-refractivity contribution in [3.63, 3.8) is 0 Å². The molecule has 0 radical (unpaired) electrons. The minimum absolute atomic E-state index is 0.0272. The molecule has 0 bridgehead atoms. The molecule has 0 fully saturated rings. The molecule has 0 aromatic carbocycles. The highest BCUT2D eigenvalue weighted by Gasteiger charge is 2.30. The topological polar surface area (TPSA) is 96.4 Å². The number of carbonyl (C=O) groups is 1. The molecule has 6 nitrogen and oxygen atoms in total. The molecule has 0 amide bonds. The molecule has 1 rings (SSSR count). The van der Waals surface area contributed by atoms with Crippen molar-refractivity contribution in [3.8, 4) is 0 Å². The Morgan fingerprint density at radius 2 is 2.05 bits per heavy atom. The molecule has 8 heteroatoms. The molecule has 0 saturated heterocycles. The van der Waals surface area contributed by atoms with Crippen molar-refractivity contribution in [3.05, 3.63) is 22.8 Å². The first-order chi connectivity index (χ1) is 8.54. The van der Waals surface area contributed by atoms with Gasteiger partial charge in [0.05, 0.1) is 4.75 Å². The van der Waals surface area contributed by atoms with E-state index in [0.29, 0.717) is 0 Å². The molecule has 0 aliphatic heterocycles. The Labute approximate surface area is 116 Å². The Balaban J connectivity index is 3.01. The number of aromatic nitrogens is 1. The fourth-order valence-electron chi connectivity index (χ4n) is 1.17. The van der Waals surface area contributed by atoms with Crippen LogP contribution in [0.5, 0.6) is 0 Å². The quantitative estimate of drug-likeness (QED) is 0.803. The van der Waals surface area contributed by atoms with Crippen LogP contribution in [0.3, 0.4) is 0 Å². The van der Waals surface area contributed by atoms with Gasteiger partial charge in [0.1, 0.15) is 16.5 Å². The van der Waals surface area contributed by atoms with Gasteiger partial charge in [0.25, 0.3) is 0 Å². The number of nitrogens with zero attached hydrogens (tertiary/aromatic N) is 1. The molecule has 2 N–H and O–H groups in total. The lowest BCUT2D eigenvalue weighted by Gasteiger charge is -2.23. The first-order valence-corrected chi connectivity index (χ1v) is 7.65. The predicted molar refractivity (Wildman–Crippen MR) is 73.6 cm³/mol. The van der Waals surface area contributed by atoms with Crippen LogP contribution in [-0.2, 0) is 9.84 Å². The first kappa shape index (κ1) is 15.7. The summed E-state index contributed by atoms with van der Waals surface area (Å²) in [6.45, 7) is 3.11. The van der Waals surface area contributed by atoms with Crippen LogP contribution >= 0.6 is 11.6 Å². The molecule has 106 valence electrons. The summed E-state index contributed by atoms with van der Waals surface area (Å²) in [6.07, 6.45) is 1.12. The SMILES string of the molecule is CC(C)(CNc1nc(Cl)ccc1C(=O)O)S(C)(=O)=O. The largest absolute Gasteiger partial charge is 0.478 e. The lowest BCUT2D eigenvalue weighted by Crippen LogP contribution is -2.38. The number of carboxylic acid groups (broad SMARTS) is 1. The van der Waals surface area contributed by atoms with Crippen LogP contribution < -0.4 is 5.32 Å². The van der Waals surface area contributed by atoms with Gasteiger partial charge < -0.3 is 10.4 Å². The van der Waals surface area contributed by atoms with Crippen LogP contribution in [-0.4, -0.2) is 42.0 Å². The summed E-state index contributed by atoms with van der Waals surface area (Å²) in [6, 6.07) is 2.67. The van der Waals surface area contributed by atoms with Crippen molar-refractivity contribution in [2.24, 2.45) is 0 Å². The summed E-state index contributed by atoms with van der Waals surface area (Å²) in [5, 5.41) is 11.9. The lowest BCUT2D eigenvalue weighted by molar-refractivity contribution is 0.0697. The van der Waals surface area contributed by atoms with Crippen molar-refractivity contribution in [2.75, 3.05) is 18.1 Å². The molecule has 1 aromatic rings. The van der Waals surface area contributed by atoms with Crippen LogP contribution in [0.15, 0.2) is 12.1 Å². The maximum absolute atomic E-state index is 11.6. The summed E-state index contributed by atoms with van der Waals surface area (Å²) < 4.78 is 22.1. The molecule has 1 heterocycles. The Morgan fingerprint density at radius 3 is 2.53 bits per heavy atom. The maximum atomic E-state index is 11.6. The second kappa shape index (κ2) is 5.34. The number of rotatable bonds is 5. The van der Waals surface area contributed by atoms with Crippen molar-refractivity contribution in [1.29, 1.82) is 0 Å². The first-order valence-electron chi connectivity index (χ1n) is 5.38. The Kier molecular flexibility index (Phi) is 4.42. The zero-order chi connectivity index (χ0) is 14.8. The number of aromatic carboxylic acids is 1. The van der Waals surface area contributed by atoms with E-state index in [1.807, 2.05) is 0 Å². The van der Waals surface area contributed by atoms with Gasteiger partial charge in [0, 0.05) is 12.8 Å². The van der Waals surface area contributed by atoms with Gasteiger partial charge in [0.2, 0.25) is 0 Å². The highest BCUT2D eigenvalue weighted by atomic mass is 35.5. The van der Waals surface area contributed by atoms with Gasteiger partial charge in [-0.2, -0.15) is 0 Å². The fourth-order valence-corrected chi connectivity index (χ4v) is 1.65. The van der Waals surface area contributed by atoms with Gasteiger partial charge >= 0.3 is 5.97 Å². The summed E-state index contributed by atoms with van der Waals surface area (Å²) in [5.41, 5.74) is -0.0614. The molecular weight excluding hydrogens is 292 g/mol. The van der Waals surface area contributed by atoms with E-state index in [-0.39, 0.29) is 23.1 Å². The van der Waals surface area contributed by atoms with E-state index < -0.39 is 20.6 Å². The Bertz CT molecular complexity index is 599. The maximum Gasteiger partial charge on any atom is 0.339 e. The van der Waals surface area contributed by atoms with Gasteiger partial charge in [-0.05, 0) is 26.0 Å². The molecule has 0 atom stereocenters. The zero-order valence-electron chi connectivity index (χ0n) is 10.8. The second-order valence-electron chi connectivity index (χ2n) is 4.72. The predicted octanol–water partition coefficient (Wildman–Crippen LogP) is 1.67. The molecule has 19 heavy (non-hydrogen) atoms. The van der Waals surface area contributed by atoms with Crippen molar-refractivity contribution >= 4 is 33.2 Å². The highest BCUT2D eigenvalue weighted by Crippen LogP contribution is 2.20. The summed E-state index contributed by atoms with van der Waals surface area (Å²) in [5.74, 6) is -1.11. The molecule has 1 aromatic heterocycles. The third kappa shape index (κ3) is 3.81. The number of nitrogens with one attached hydrogen (secondary N) is 1. The highest BCUT2D eigenvalue weighted by molar-refractivity contribution is 7.92. The zero-order valence-corrected chi connectivity index (χ0v) is 12.3. The number of hydrogen-bond donors (Lipinski definition) is 2. The van der Waals surface area contributed by atoms with Crippen LogP contribution in [0.25, 0.3) is 0 Å². The van der Waals surface area contributed by atoms with Gasteiger partial charge in [-0.3, -0.25) is 0 Å². The van der Waals surface area contributed by atoms with E-state index in [4.69, 9.17) is 16.7 Å². The van der Waals surface area contributed by atoms with E-state index in [1.165, 1.54) is 12.1 Å². The molecule has 0 spiro atoms. The van der Waals surface area contributed by atoms with Gasteiger partial charge in [0.15, 0.2) is 9.84 Å². The summed E-state index contributed by atoms with van der Waals surface area (Å²) in [7, 11) is -3.29. The average molecular weight is 307 g/mol. The van der Waals surface area contributed by atoms with E-state index in [9.17, 15) is 13.2 Å². The summed E-state index contributed by atoms with van der Waals surface area (Å²) >= 11 is 5.70. The van der Waals surface area contributed by atoms with E-state index in [0.717, 1.165) is 6.26 Å². The van der Waals surface area contributed by atoms with Gasteiger partial charge in [-0.25, -0.2) is 18.2 Å². The van der Waals surface area contributed by atoms with Crippen LogP contribution in [0, 0.1) is 0 Å². The second-order valence-corrected chi connectivity index (χ2v) is 7.76. The minimum atomic E-state index is -3.29. The van der Waals surface area contributed by atoms with Gasteiger partial charge in [-0.1, -0.05) is 11.6 Å². The number of pyridine rings is 1. The van der Waals surface area contributed by atoms with Crippen LogP contribution in [0.2, 0.25) is 5.15 Å². The molecule has 0 aliphatic carbocycles. The van der Waals surface area contributed by atoms with E-state index in [1.54, 1.807) is 13.8 Å². The number of sulfone groups is 1. The van der Waals surface area contributed by atoms with E-state index in [2.05, 4.69) is 10.3 Å². The number of hydrogen-bond acceptors (Lipinski definition) is 5. The van der Waals surface area contributed by atoms with Crippen LogP contribution in [0.1, 0.15) is 24.2 Å². The van der Waals surface area contributed by atoms with E-state index >= 15 is 0 Å². The van der Waals surface area contributed by atoms with Crippen LogP contribution in [0.4, 0.5) is 5.82 Å². The fraction of sp³-hybridized carbons (Fsp3) is 0.455. The van der Waals surface area contributed by atoms with Crippen molar-refractivity contribution in [1.82, 2.24) is 4.98 Å². The number of halogens is 1. The number of anilines is 1. The standard InChI is InChI=1S/C11H15ClN2O4S/c1-11(2,19(3,17)18)6-13-9-7(10(15)16)4-5-8(12)14-9/h4-5H,6H2,1-3H3,(H,13,14)(H,15,16). The third-order valence-electron chi connectivity index (χ3n) is 2.78. The normalized spacial score (nSPS) is 12.2. The monoisotopic (exact) mass is 306 g/mol. The van der Waals surface area contributed by atoms with Crippen molar-refractivity contribution < 1.29 is 18.3 Å². The van der Waals surface area contributed by atoms with Crippen molar-refractivity contribution in [2.45, 2.75) is 18.6 Å². The Hall–Kier alpha value is -1.34. The molecule has 0 unspecified atom stereocenters. The minimum Gasteiger partial charge on any atom is -0.478 e.